The van der Waals surface area contributed by atoms with Crippen LogP contribution in [-0.2, 0) is 32.3 Å². The highest BCUT2D eigenvalue weighted by molar-refractivity contribution is 7.86. The molecule has 0 spiro atoms. The molecule has 1 aliphatic rings. The fourth-order valence-electron chi connectivity index (χ4n) is 8.77. The van der Waals surface area contributed by atoms with E-state index in [2.05, 4.69) is 146 Å². The van der Waals surface area contributed by atoms with Crippen molar-refractivity contribution in [3.63, 3.8) is 0 Å². The molecule has 0 bridgehead atoms. The van der Waals surface area contributed by atoms with Crippen molar-refractivity contribution in [1.82, 2.24) is 0 Å². The first-order valence-corrected chi connectivity index (χ1v) is 32.4. The lowest BCUT2D eigenvalue weighted by molar-refractivity contribution is -0.269. The molecule has 8 nitrogen and oxygen atoms in total. The third-order valence-electron chi connectivity index (χ3n) is 11.7. The molecule has 3 aromatic carbocycles. The van der Waals surface area contributed by atoms with E-state index in [1.807, 2.05) is 20.8 Å². The fraction of sp³-hybridized carbons (Fsp3) is 0.592. The van der Waals surface area contributed by atoms with Crippen LogP contribution in [-0.4, -0.2) is 75.3 Å². The zero-order chi connectivity index (χ0) is 45.5. The molecule has 0 radical (unpaired) electrons. The van der Waals surface area contributed by atoms with Gasteiger partial charge in [0.05, 0.1) is 29.3 Å². The summed E-state index contributed by atoms with van der Waals surface area (Å²) in [7, 11) is -11.0. The summed E-state index contributed by atoms with van der Waals surface area (Å²) in [6.45, 7) is 30.2. The lowest BCUT2D eigenvalue weighted by Crippen LogP contribution is -2.67. The van der Waals surface area contributed by atoms with Crippen molar-refractivity contribution in [3.05, 3.63) is 90.5 Å². The second kappa shape index (κ2) is 20.6. The average molecular weight is 909 g/mol. The monoisotopic (exact) mass is 908 g/mol. The molecule has 61 heavy (non-hydrogen) atoms. The van der Waals surface area contributed by atoms with E-state index < -0.39 is 46.5 Å². The van der Waals surface area contributed by atoms with E-state index in [-0.39, 0.29) is 46.5 Å². The van der Waals surface area contributed by atoms with Gasteiger partial charge in [0.2, 0.25) is 5.79 Å². The molecule has 1 heterocycles. The molecule has 0 amide bonds. The minimum Gasteiger partial charge on any atom is -0.414 e. The van der Waals surface area contributed by atoms with Crippen LogP contribution in [0.15, 0.2) is 89.8 Å². The molecule has 1 N–H and O–H groups in total. The van der Waals surface area contributed by atoms with Crippen molar-refractivity contribution in [2.75, 3.05) is 13.2 Å². The van der Waals surface area contributed by atoms with Gasteiger partial charge in [-0.05, 0) is 118 Å². The van der Waals surface area contributed by atoms with E-state index in [0.717, 1.165) is 18.4 Å². The Balaban J connectivity index is 1.55. The quantitative estimate of drug-likeness (QED) is 0.0721. The predicted molar refractivity (Wildman–Crippen MR) is 257 cm³/mol. The van der Waals surface area contributed by atoms with Gasteiger partial charge in [0, 0.05) is 24.9 Å². The number of aliphatic hydroxyl groups is 1. The number of aryl methyl sites for hydroxylation is 1. The Labute approximate surface area is 373 Å². The summed E-state index contributed by atoms with van der Waals surface area (Å²) < 4.78 is 59.7. The fourth-order valence-corrected chi connectivity index (χ4v) is 17.2. The molecular formula is C49H76O8SSi3. The highest BCUT2D eigenvalue weighted by Gasteiger charge is 2.52. The molecular weight excluding hydrogens is 833 g/mol. The van der Waals surface area contributed by atoms with Gasteiger partial charge in [-0.15, -0.1) is 0 Å². The first kappa shape index (κ1) is 51.2. The van der Waals surface area contributed by atoms with Crippen molar-refractivity contribution >= 4 is 45.4 Å². The largest absolute Gasteiger partial charge is 0.414 e. The Hall–Kier alpha value is -2.42. The second-order valence-electron chi connectivity index (χ2n) is 20.6. The Morgan fingerprint density at radius 3 is 1.92 bits per heavy atom. The van der Waals surface area contributed by atoms with E-state index in [9.17, 15) is 13.5 Å². The van der Waals surface area contributed by atoms with Gasteiger partial charge >= 0.3 is 0 Å². The van der Waals surface area contributed by atoms with E-state index in [0.29, 0.717) is 25.9 Å². The summed E-state index contributed by atoms with van der Waals surface area (Å²) in [6, 6.07) is 28.0. The van der Waals surface area contributed by atoms with Gasteiger partial charge in [-0.1, -0.05) is 126 Å². The molecule has 1 unspecified atom stereocenters. The molecule has 7 atom stereocenters. The Morgan fingerprint density at radius 1 is 0.869 bits per heavy atom. The minimum atomic E-state index is -3.99. The minimum absolute atomic E-state index is 0.0292. The van der Waals surface area contributed by atoms with Gasteiger partial charge in [-0.2, -0.15) is 8.42 Å². The van der Waals surface area contributed by atoms with Gasteiger partial charge in [-0.25, -0.2) is 0 Å². The number of hydrogen-bond acceptors (Lipinski definition) is 8. The summed E-state index contributed by atoms with van der Waals surface area (Å²) in [4.78, 5) is 0.120. The van der Waals surface area contributed by atoms with Crippen LogP contribution in [0, 0.1) is 36.5 Å². The summed E-state index contributed by atoms with van der Waals surface area (Å²) in [6.07, 6.45) is 2.51. The molecule has 0 saturated carbocycles. The molecule has 1 fully saturated rings. The lowest BCUT2D eigenvalue weighted by Gasteiger charge is -2.47. The first-order valence-electron chi connectivity index (χ1n) is 22.2. The van der Waals surface area contributed by atoms with E-state index in [4.69, 9.17) is 22.2 Å². The van der Waals surface area contributed by atoms with Crippen molar-refractivity contribution in [1.29, 1.82) is 0 Å². The highest BCUT2D eigenvalue weighted by Crippen LogP contribution is 2.41. The highest BCUT2D eigenvalue weighted by atomic mass is 32.2. The zero-order valence-corrected chi connectivity index (χ0v) is 43.4. The maximum Gasteiger partial charge on any atom is 0.297 e. The van der Waals surface area contributed by atoms with Gasteiger partial charge < -0.3 is 23.1 Å². The van der Waals surface area contributed by atoms with Gasteiger partial charge in [-0.3, -0.25) is 4.18 Å². The maximum absolute atomic E-state index is 13.2. The molecule has 1 saturated heterocycles. The number of hydrogen-bond donors (Lipinski definition) is 1. The average Bonchev–Trinajstić information content (AvgIpc) is 3.16. The summed E-state index contributed by atoms with van der Waals surface area (Å²) in [5.74, 6) is 4.89. The van der Waals surface area contributed by atoms with Crippen LogP contribution in [0.25, 0.3) is 0 Å². The normalized spacial score (nSPS) is 22.4. The van der Waals surface area contributed by atoms with Crippen LogP contribution in [0.1, 0.15) is 86.1 Å². The molecule has 3 aromatic rings. The van der Waals surface area contributed by atoms with Crippen molar-refractivity contribution < 1.29 is 35.7 Å². The van der Waals surface area contributed by atoms with Crippen molar-refractivity contribution in [3.8, 4) is 11.8 Å². The van der Waals surface area contributed by atoms with Crippen molar-refractivity contribution in [2.24, 2.45) is 17.8 Å². The van der Waals surface area contributed by atoms with Crippen molar-refractivity contribution in [2.45, 2.75) is 160 Å². The Kier molecular flexibility index (Phi) is 17.3. The molecule has 12 heteroatoms. The summed E-state index contributed by atoms with van der Waals surface area (Å²) in [5.41, 5.74) is 0.0840. The molecule has 4 rings (SSSR count). The maximum atomic E-state index is 13.2. The van der Waals surface area contributed by atoms with Crippen LogP contribution < -0.4 is 10.4 Å². The van der Waals surface area contributed by atoms with E-state index >= 15 is 0 Å². The third-order valence-corrected chi connectivity index (χ3v) is 20.1. The SMILES string of the molecule is CC[C@@H](CO[Si](c1ccccc1)(c1ccccc1)C(C)(C)C)[C@H]1OC(O)(C#CC[C@H](CC[C@@](C)(COS(=O)(=O)c2ccc(C)cc2)O[Si](C)(C)C)O[Si](C)(C)C)[C@H](C)C[C@@H]1C. The Morgan fingerprint density at radius 2 is 1.43 bits per heavy atom. The smallest absolute Gasteiger partial charge is 0.297 e. The van der Waals surface area contributed by atoms with Gasteiger partial charge in [0.1, 0.15) is 0 Å². The van der Waals surface area contributed by atoms with E-state index in [1.54, 1.807) is 24.3 Å². The molecule has 1 aliphatic heterocycles. The number of benzene rings is 3. The third kappa shape index (κ3) is 14.0. The van der Waals surface area contributed by atoms with Crippen LogP contribution in [0.5, 0.6) is 0 Å². The first-order chi connectivity index (χ1) is 28.2. The topological polar surface area (TPSA) is 101 Å². The lowest BCUT2D eigenvalue weighted by atomic mass is 9.79. The zero-order valence-electron chi connectivity index (χ0n) is 39.6. The van der Waals surface area contributed by atoms with Gasteiger partial charge in [0.25, 0.3) is 18.4 Å². The molecule has 0 aromatic heterocycles. The Bertz CT molecular complexity index is 1960. The van der Waals surface area contributed by atoms with Crippen LogP contribution in [0.3, 0.4) is 0 Å². The summed E-state index contributed by atoms with van der Waals surface area (Å²) >= 11 is 0. The summed E-state index contributed by atoms with van der Waals surface area (Å²) in [5, 5.41) is 14.5. The van der Waals surface area contributed by atoms with E-state index in [1.165, 1.54) is 10.4 Å². The van der Waals surface area contributed by atoms with Crippen LogP contribution >= 0.6 is 0 Å². The number of rotatable bonds is 19. The van der Waals surface area contributed by atoms with Crippen LogP contribution in [0.2, 0.25) is 44.3 Å². The standard InChI is InChI=1S/C49H76O8SSi3/c1-15-41(36-54-61(47(5,6)7,44-24-18-16-19-25-44)45-26-20-17-21-27-45)46-39(3)35-40(4)49(50,55-46)33-22-23-42(56-59(9,10)11)32-34-48(8,57-60(12,13)14)37-53-58(51,52)43-30-28-38(2)29-31-43/h16-21,24-31,39-42,46,50H,15,23,32,34-37H2,1-14H3/t39-,40+,41-,42+,46-,48-,49?/m0/s1. The number of ether oxygens (including phenoxy) is 1. The molecule has 0 aliphatic carbocycles. The van der Waals surface area contributed by atoms with Gasteiger partial charge in [0.15, 0.2) is 16.6 Å². The van der Waals surface area contributed by atoms with Crippen LogP contribution in [0.4, 0.5) is 0 Å². The predicted octanol–water partition coefficient (Wildman–Crippen LogP) is 10.1. The molecule has 338 valence electrons. The second-order valence-corrected chi connectivity index (χ2v) is 35.4.